The molecule has 4 aromatic rings. The first kappa shape index (κ1) is 16.0. The van der Waals surface area contributed by atoms with Crippen molar-refractivity contribution in [2.24, 2.45) is 0 Å². The van der Waals surface area contributed by atoms with E-state index >= 15 is 0 Å². The molecule has 0 aliphatic heterocycles. The summed E-state index contributed by atoms with van der Waals surface area (Å²) in [6, 6.07) is 18.9. The highest BCUT2D eigenvalue weighted by atomic mass is 16.5. The second-order valence-corrected chi connectivity index (χ2v) is 5.93. The van der Waals surface area contributed by atoms with E-state index in [-0.39, 0.29) is 5.78 Å². The number of nitrogens with zero attached hydrogens (tertiary/aromatic N) is 2. The maximum atomic E-state index is 11.4. The number of ether oxygens (including phenoxy) is 1. The second-order valence-electron chi connectivity index (χ2n) is 5.93. The molecule has 0 spiro atoms. The number of pyridine rings is 1. The van der Waals surface area contributed by atoms with Gasteiger partial charge in [0.15, 0.2) is 17.3 Å². The van der Waals surface area contributed by atoms with Crippen LogP contribution in [0.3, 0.4) is 0 Å². The quantitative estimate of drug-likeness (QED) is 0.486. The minimum Gasteiger partial charge on any atom is -0.457 e. The number of hydrogen-bond donors (Lipinski definition) is 0. The lowest BCUT2D eigenvalue weighted by Crippen LogP contribution is -1.96. The van der Waals surface area contributed by atoms with E-state index < -0.39 is 0 Å². The van der Waals surface area contributed by atoms with Crippen LogP contribution in [0.25, 0.3) is 11.1 Å². The number of Topliss-reactive ketones (excluding diaryl/α,β-unsaturated/α-hetero) is 1. The Morgan fingerprint density at radius 1 is 1.04 bits per heavy atom. The van der Waals surface area contributed by atoms with Crippen molar-refractivity contribution in [3.8, 4) is 11.5 Å². The van der Waals surface area contributed by atoms with Crippen LogP contribution in [0.5, 0.6) is 11.5 Å². The Bertz CT molecular complexity index is 1070. The molecule has 5 nitrogen and oxygen atoms in total. The number of rotatable bonds is 5. The third-order valence-electron chi connectivity index (χ3n) is 3.93. The molecule has 26 heavy (non-hydrogen) atoms. The van der Waals surface area contributed by atoms with Crippen molar-refractivity contribution in [2.45, 2.75) is 13.3 Å². The number of benzene rings is 2. The van der Waals surface area contributed by atoms with E-state index in [1.54, 1.807) is 24.4 Å². The summed E-state index contributed by atoms with van der Waals surface area (Å²) in [5.41, 5.74) is 2.95. The van der Waals surface area contributed by atoms with Gasteiger partial charge in [-0.1, -0.05) is 30.3 Å². The molecule has 0 aliphatic carbocycles. The first-order valence-corrected chi connectivity index (χ1v) is 8.25. The SMILES string of the molecule is CC(=O)c1cc(Oc2ccc3nc(Cc4ccccc4)oc3c2)ccn1. The molecule has 4 rings (SSSR count). The highest BCUT2D eigenvalue weighted by molar-refractivity contribution is 5.92. The standard InChI is InChI=1S/C21H16N2O3/c1-14(24)19-12-17(9-10-22-19)25-16-7-8-18-20(13-16)26-21(23-18)11-15-5-3-2-4-6-15/h2-10,12-13H,11H2,1H3. The fraction of sp³-hybridized carbons (Fsp3) is 0.0952. The van der Waals surface area contributed by atoms with Gasteiger partial charge in [0.05, 0.1) is 0 Å². The molecule has 0 atom stereocenters. The van der Waals surface area contributed by atoms with Crippen molar-refractivity contribution < 1.29 is 13.9 Å². The van der Waals surface area contributed by atoms with E-state index in [4.69, 9.17) is 9.15 Å². The Balaban J connectivity index is 1.57. The fourth-order valence-corrected chi connectivity index (χ4v) is 2.67. The van der Waals surface area contributed by atoms with Gasteiger partial charge in [-0.05, 0) is 23.8 Å². The summed E-state index contributed by atoms with van der Waals surface area (Å²) in [6.07, 6.45) is 2.19. The number of carbonyl (C=O) groups is 1. The molecule has 2 heterocycles. The Morgan fingerprint density at radius 3 is 2.65 bits per heavy atom. The molecule has 0 N–H and O–H groups in total. The zero-order valence-electron chi connectivity index (χ0n) is 14.2. The van der Waals surface area contributed by atoms with Crippen molar-refractivity contribution in [2.75, 3.05) is 0 Å². The lowest BCUT2D eigenvalue weighted by atomic mass is 10.1. The van der Waals surface area contributed by atoms with Gasteiger partial charge in [-0.15, -0.1) is 0 Å². The molecule has 0 fully saturated rings. The lowest BCUT2D eigenvalue weighted by molar-refractivity contribution is 0.101. The van der Waals surface area contributed by atoms with Gasteiger partial charge in [0.2, 0.25) is 0 Å². The van der Waals surface area contributed by atoms with E-state index in [0.717, 1.165) is 11.1 Å². The van der Waals surface area contributed by atoms with Gasteiger partial charge >= 0.3 is 0 Å². The number of hydrogen-bond acceptors (Lipinski definition) is 5. The average molecular weight is 344 g/mol. The Morgan fingerprint density at radius 2 is 1.85 bits per heavy atom. The van der Waals surface area contributed by atoms with E-state index in [0.29, 0.717) is 35.1 Å². The first-order valence-electron chi connectivity index (χ1n) is 8.25. The minimum atomic E-state index is -0.105. The lowest BCUT2D eigenvalue weighted by Gasteiger charge is -2.05. The van der Waals surface area contributed by atoms with Crippen LogP contribution in [0.4, 0.5) is 0 Å². The summed E-state index contributed by atoms with van der Waals surface area (Å²) in [4.78, 5) is 20.0. The number of aromatic nitrogens is 2. The van der Waals surface area contributed by atoms with E-state index in [2.05, 4.69) is 9.97 Å². The maximum Gasteiger partial charge on any atom is 0.199 e. The predicted molar refractivity (Wildman–Crippen MR) is 97.6 cm³/mol. The van der Waals surface area contributed by atoms with Crippen LogP contribution in [-0.2, 0) is 6.42 Å². The topological polar surface area (TPSA) is 65.2 Å². The molecule has 5 heteroatoms. The third-order valence-corrected chi connectivity index (χ3v) is 3.93. The van der Waals surface area contributed by atoms with Gasteiger partial charge in [0.25, 0.3) is 0 Å². The average Bonchev–Trinajstić information content (AvgIpc) is 3.04. The number of oxazole rings is 1. The van der Waals surface area contributed by atoms with Crippen molar-refractivity contribution in [3.63, 3.8) is 0 Å². The monoisotopic (exact) mass is 344 g/mol. The number of fused-ring (bicyclic) bond motifs is 1. The van der Waals surface area contributed by atoms with E-state index in [9.17, 15) is 4.79 Å². The molecule has 0 saturated heterocycles. The van der Waals surface area contributed by atoms with Crippen molar-refractivity contribution >= 4 is 16.9 Å². The van der Waals surface area contributed by atoms with Crippen LogP contribution in [-0.4, -0.2) is 15.8 Å². The maximum absolute atomic E-state index is 11.4. The highest BCUT2D eigenvalue weighted by Crippen LogP contribution is 2.27. The van der Waals surface area contributed by atoms with Crippen LogP contribution >= 0.6 is 0 Å². The zero-order chi connectivity index (χ0) is 17.9. The van der Waals surface area contributed by atoms with Crippen LogP contribution in [0.15, 0.2) is 71.3 Å². The van der Waals surface area contributed by atoms with Gasteiger partial charge in [-0.2, -0.15) is 0 Å². The molecule has 2 aromatic carbocycles. The first-order chi connectivity index (χ1) is 12.7. The summed E-state index contributed by atoms with van der Waals surface area (Å²) in [5, 5.41) is 0. The van der Waals surface area contributed by atoms with Gasteiger partial charge in [-0.3, -0.25) is 9.78 Å². The largest absolute Gasteiger partial charge is 0.457 e. The van der Waals surface area contributed by atoms with Crippen LogP contribution in [0.2, 0.25) is 0 Å². The van der Waals surface area contributed by atoms with Crippen LogP contribution in [0.1, 0.15) is 28.9 Å². The second kappa shape index (κ2) is 6.80. The molecule has 0 saturated carbocycles. The van der Waals surface area contributed by atoms with Gasteiger partial charge < -0.3 is 9.15 Å². The molecule has 0 bridgehead atoms. The Kier molecular flexibility index (Phi) is 4.19. The van der Waals surface area contributed by atoms with Gasteiger partial charge in [-0.25, -0.2) is 4.98 Å². The predicted octanol–water partition coefficient (Wildman–Crippen LogP) is 4.81. The molecular weight excluding hydrogens is 328 g/mol. The molecule has 0 aliphatic rings. The number of carbonyl (C=O) groups excluding carboxylic acids is 1. The fourth-order valence-electron chi connectivity index (χ4n) is 2.67. The van der Waals surface area contributed by atoms with Gasteiger partial charge in [0, 0.05) is 31.7 Å². The van der Waals surface area contributed by atoms with E-state index in [1.807, 2.05) is 42.5 Å². The van der Waals surface area contributed by atoms with Crippen molar-refractivity contribution in [1.29, 1.82) is 0 Å². The van der Waals surface area contributed by atoms with Crippen molar-refractivity contribution in [3.05, 3.63) is 84.0 Å². The zero-order valence-corrected chi connectivity index (χ0v) is 14.2. The molecule has 0 unspecified atom stereocenters. The Labute approximate surface area is 150 Å². The molecular formula is C21H16N2O3. The highest BCUT2D eigenvalue weighted by Gasteiger charge is 2.09. The Hall–Kier alpha value is -3.47. The minimum absolute atomic E-state index is 0.105. The molecule has 0 radical (unpaired) electrons. The van der Waals surface area contributed by atoms with Gasteiger partial charge in [0.1, 0.15) is 22.7 Å². The summed E-state index contributed by atoms with van der Waals surface area (Å²) < 4.78 is 11.7. The van der Waals surface area contributed by atoms with Crippen LogP contribution < -0.4 is 4.74 Å². The smallest absolute Gasteiger partial charge is 0.199 e. The normalized spacial score (nSPS) is 10.8. The third kappa shape index (κ3) is 3.47. The molecule has 0 amide bonds. The van der Waals surface area contributed by atoms with E-state index in [1.165, 1.54) is 6.92 Å². The summed E-state index contributed by atoms with van der Waals surface area (Å²) in [6.45, 7) is 1.47. The molecule has 2 aromatic heterocycles. The van der Waals surface area contributed by atoms with Crippen molar-refractivity contribution in [1.82, 2.24) is 9.97 Å². The summed E-state index contributed by atoms with van der Waals surface area (Å²) >= 11 is 0. The summed E-state index contributed by atoms with van der Waals surface area (Å²) in [7, 11) is 0. The molecule has 128 valence electrons. The van der Waals surface area contributed by atoms with Crippen LogP contribution in [0, 0.1) is 0 Å². The number of ketones is 1. The summed E-state index contributed by atoms with van der Waals surface area (Å²) in [5.74, 6) is 1.71.